The minimum atomic E-state index is -0.176. The van der Waals surface area contributed by atoms with Crippen molar-refractivity contribution >= 4 is 33.4 Å². The first-order valence-corrected chi connectivity index (χ1v) is 6.41. The molecule has 0 atom stereocenters. The number of hydrogen-bond acceptors (Lipinski definition) is 3. The summed E-state index contributed by atoms with van der Waals surface area (Å²) in [4.78, 5) is 11.9. The van der Waals surface area contributed by atoms with Crippen LogP contribution in [0.25, 0.3) is 0 Å². The number of halogens is 2. The molecular weight excluding hydrogens is 320 g/mol. The van der Waals surface area contributed by atoms with E-state index in [1.54, 1.807) is 35.3 Å². The lowest BCUT2D eigenvalue weighted by Crippen LogP contribution is -2.27. The summed E-state index contributed by atoms with van der Waals surface area (Å²) in [5.74, 6) is -0.176. The highest BCUT2D eigenvalue weighted by Gasteiger charge is 2.09. The van der Waals surface area contributed by atoms with Crippen LogP contribution in [0.1, 0.15) is 10.4 Å². The van der Waals surface area contributed by atoms with Gasteiger partial charge in [-0.25, -0.2) is 0 Å². The van der Waals surface area contributed by atoms with E-state index < -0.39 is 0 Å². The number of nitrogens with zero attached hydrogens (tertiary/aromatic N) is 3. The van der Waals surface area contributed by atoms with E-state index in [0.29, 0.717) is 28.1 Å². The Balaban J connectivity index is 1.93. The van der Waals surface area contributed by atoms with Crippen molar-refractivity contribution in [2.24, 2.45) is 0 Å². The highest BCUT2D eigenvalue weighted by molar-refractivity contribution is 9.10. The van der Waals surface area contributed by atoms with Crippen LogP contribution in [0.3, 0.4) is 0 Å². The number of nitrogens with one attached hydrogen (secondary N) is 1. The molecule has 18 heavy (non-hydrogen) atoms. The van der Waals surface area contributed by atoms with Crippen LogP contribution in [0.4, 0.5) is 0 Å². The van der Waals surface area contributed by atoms with Gasteiger partial charge in [0.2, 0.25) is 0 Å². The third kappa shape index (κ3) is 3.30. The minimum absolute atomic E-state index is 0.176. The molecule has 1 N–H and O–H groups in total. The number of benzene rings is 1. The molecule has 0 spiro atoms. The van der Waals surface area contributed by atoms with Crippen molar-refractivity contribution in [3.63, 3.8) is 0 Å². The smallest absolute Gasteiger partial charge is 0.252 e. The molecule has 5 nitrogen and oxygen atoms in total. The van der Waals surface area contributed by atoms with Crippen LogP contribution in [-0.4, -0.2) is 27.4 Å². The maximum Gasteiger partial charge on any atom is 0.252 e. The molecule has 0 saturated heterocycles. The van der Waals surface area contributed by atoms with E-state index in [2.05, 4.69) is 31.6 Å². The van der Waals surface area contributed by atoms with Gasteiger partial charge in [0.15, 0.2) is 0 Å². The van der Waals surface area contributed by atoms with Gasteiger partial charge in [-0.15, -0.1) is 5.10 Å². The first kappa shape index (κ1) is 13.0. The first-order chi connectivity index (χ1) is 8.66. The lowest BCUT2D eigenvalue weighted by atomic mass is 10.2. The molecule has 94 valence electrons. The molecule has 0 saturated carbocycles. The molecule has 2 aromatic rings. The van der Waals surface area contributed by atoms with Crippen LogP contribution in [0, 0.1) is 0 Å². The molecule has 1 aromatic heterocycles. The Bertz CT molecular complexity index is 544. The SMILES string of the molecule is O=C(NCCn1ccnn1)c1cc(Cl)ccc1Br. The molecule has 0 radical (unpaired) electrons. The minimum Gasteiger partial charge on any atom is -0.350 e. The molecule has 0 fully saturated rings. The fourth-order valence-electron chi connectivity index (χ4n) is 1.40. The maximum atomic E-state index is 11.9. The zero-order valence-corrected chi connectivity index (χ0v) is 11.6. The van der Waals surface area contributed by atoms with E-state index in [9.17, 15) is 4.79 Å². The second-order valence-corrected chi connectivity index (χ2v) is 4.84. The quantitative estimate of drug-likeness (QED) is 0.935. The van der Waals surface area contributed by atoms with Crippen molar-refractivity contribution in [2.75, 3.05) is 6.54 Å². The summed E-state index contributed by atoms with van der Waals surface area (Å²) in [5.41, 5.74) is 0.515. The molecule has 1 aromatic carbocycles. The molecule has 7 heteroatoms. The molecule has 0 unspecified atom stereocenters. The molecule has 0 bridgehead atoms. The molecule has 1 heterocycles. The highest BCUT2D eigenvalue weighted by atomic mass is 79.9. The van der Waals surface area contributed by atoms with Gasteiger partial charge >= 0.3 is 0 Å². The number of hydrogen-bond donors (Lipinski definition) is 1. The fourth-order valence-corrected chi connectivity index (χ4v) is 2.00. The number of carbonyl (C=O) groups excluding carboxylic acids is 1. The summed E-state index contributed by atoms with van der Waals surface area (Å²) >= 11 is 9.17. The summed E-state index contributed by atoms with van der Waals surface area (Å²) in [6.45, 7) is 1.05. The Hall–Kier alpha value is -1.40. The predicted molar refractivity (Wildman–Crippen MR) is 71.5 cm³/mol. The van der Waals surface area contributed by atoms with Crippen LogP contribution < -0.4 is 5.32 Å². The van der Waals surface area contributed by atoms with Gasteiger partial charge in [-0.1, -0.05) is 16.8 Å². The molecule has 2 rings (SSSR count). The highest BCUT2D eigenvalue weighted by Crippen LogP contribution is 2.20. The standard InChI is InChI=1S/C11H10BrClN4O/c12-10-2-1-8(13)7-9(10)11(18)14-3-5-17-6-4-15-16-17/h1-2,4,6-7H,3,5H2,(H,14,18). The van der Waals surface area contributed by atoms with Gasteiger partial charge in [-0.2, -0.15) is 0 Å². The number of amides is 1. The maximum absolute atomic E-state index is 11.9. The van der Waals surface area contributed by atoms with E-state index in [4.69, 9.17) is 11.6 Å². The molecule has 0 aliphatic rings. The van der Waals surface area contributed by atoms with Crippen molar-refractivity contribution in [2.45, 2.75) is 6.54 Å². The van der Waals surface area contributed by atoms with E-state index in [1.165, 1.54) is 0 Å². The summed E-state index contributed by atoms with van der Waals surface area (Å²) in [5, 5.41) is 10.8. The van der Waals surface area contributed by atoms with Gasteiger partial charge < -0.3 is 5.32 Å². The third-order valence-corrected chi connectivity index (χ3v) is 3.20. The van der Waals surface area contributed by atoms with Gasteiger partial charge in [0.25, 0.3) is 5.91 Å². The molecule has 0 aliphatic carbocycles. The molecular formula is C11H10BrClN4O. The van der Waals surface area contributed by atoms with Gasteiger partial charge in [0, 0.05) is 22.2 Å². The normalized spacial score (nSPS) is 10.3. The van der Waals surface area contributed by atoms with Crippen LogP contribution in [0.5, 0.6) is 0 Å². The Labute approximate surface area is 117 Å². The predicted octanol–water partition coefficient (Wildman–Crippen LogP) is 2.12. The van der Waals surface area contributed by atoms with E-state index >= 15 is 0 Å². The third-order valence-electron chi connectivity index (χ3n) is 2.27. The summed E-state index contributed by atoms with van der Waals surface area (Å²) in [6.07, 6.45) is 3.33. The molecule has 1 amide bonds. The average Bonchev–Trinajstić information content (AvgIpc) is 2.85. The van der Waals surface area contributed by atoms with Crippen molar-refractivity contribution in [1.29, 1.82) is 0 Å². The van der Waals surface area contributed by atoms with Crippen LogP contribution in [0.2, 0.25) is 5.02 Å². The first-order valence-electron chi connectivity index (χ1n) is 5.24. The van der Waals surface area contributed by atoms with Crippen LogP contribution in [-0.2, 0) is 6.54 Å². The van der Waals surface area contributed by atoms with Gasteiger partial charge in [0.1, 0.15) is 0 Å². The summed E-state index contributed by atoms with van der Waals surface area (Å²) in [6, 6.07) is 5.09. The van der Waals surface area contributed by atoms with Crippen LogP contribution >= 0.6 is 27.5 Å². The fraction of sp³-hybridized carbons (Fsp3) is 0.182. The average molecular weight is 330 g/mol. The van der Waals surface area contributed by atoms with E-state index in [1.807, 2.05) is 0 Å². The van der Waals surface area contributed by atoms with E-state index in [-0.39, 0.29) is 5.91 Å². The largest absolute Gasteiger partial charge is 0.350 e. The van der Waals surface area contributed by atoms with Crippen molar-refractivity contribution in [1.82, 2.24) is 20.3 Å². The number of aromatic nitrogens is 3. The Morgan fingerprint density at radius 1 is 1.50 bits per heavy atom. The van der Waals surface area contributed by atoms with Crippen LogP contribution in [0.15, 0.2) is 35.1 Å². The zero-order chi connectivity index (χ0) is 13.0. The summed E-state index contributed by atoms with van der Waals surface area (Å²) in [7, 11) is 0. The Kier molecular flexibility index (Phi) is 4.33. The zero-order valence-electron chi connectivity index (χ0n) is 9.31. The second-order valence-electron chi connectivity index (χ2n) is 3.55. The van der Waals surface area contributed by atoms with Crippen molar-refractivity contribution < 1.29 is 4.79 Å². The second kappa shape index (κ2) is 5.97. The Morgan fingerprint density at radius 3 is 3.06 bits per heavy atom. The lowest BCUT2D eigenvalue weighted by Gasteiger charge is -2.07. The van der Waals surface area contributed by atoms with Gasteiger partial charge in [0.05, 0.1) is 18.3 Å². The topological polar surface area (TPSA) is 59.8 Å². The number of carbonyl (C=O) groups is 1. The lowest BCUT2D eigenvalue weighted by molar-refractivity contribution is 0.0951. The van der Waals surface area contributed by atoms with Gasteiger partial charge in [-0.05, 0) is 34.1 Å². The molecule has 0 aliphatic heterocycles. The summed E-state index contributed by atoms with van der Waals surface area (Å²) < 4.78 is 2.36. The number of rotatable bonds is 4. The van der Waals surface area contributed by atoms with Gasteiger partial charge in [-0.3, -0.25) is 9.48 Å². The van der Waals surface area contributed by atoms with Crippen molar-refractivity contribution in [3.8, 4) is 0 Å². The van der Waals surface area contributed by atoms with Crippen molar-refractivity contribution in [3.05, 3.63) is 45.7 Å². The Morgan fingerprint density at radius 2 is 2.33 bits per heavy atom. The monoisotopic (exact) mass is 328 g/mol. The van der Waals surface area contributed by atoms with E-state index in [0.717, 1.165) is 0 Å².